The molecule has 3 N–H and O–H groups in total. The molecule has 2 rings (SSSR count). The van der Waals surface area contributed by atoms with Crippen LogP contribution in [0.1, 0.15) is 5.56 Å². The van der Waals surface area contributed by atoms with Crippen LogP contribution in [0.25, 0.3) is 0 Å². The zero-order chi connectivity index (χ0) is 14.9. The van der Waals surface area contributed by atoms with Crippen LogP contribution in [-0.4, -0.2) is 18.5 Å². The van der Waals surface area contributed by atoms with Crippen LogP contribution in [0.2, 0.25) is 0 Å². The van der Waals surface area contributed by atoms with Gasteiger partial charge in [-0.3, -0.25) is 9.69 Å². The molecule has 0 aliphatic carbocycles. The van der Waals surface area contributed by atoms with Gasteiger partial charge in [0.15, 0.2) is 0 Å². The number of amides is 3. The van der Waals surface area contributed by atoms with Gasteiger partial charge in [0.25, 0.3) is 0 Å². The van der Waals surface area contributed by atoms with E-state index in [2.05, 4.69) is 5.32 Å². The number of primary amides is 1. The first-order valence-electron chi connectivity index (χ1n) is 5.54. The van der Waals surface area contributed by atoms with Crippen LogP contribution in [0.15, 0.2) is 36.0 Å². The molecule has 3 amide bonds. The Morgan fingerprint density at radius 3 is 2.65 bits per heavy atom. The number of carbonyl (C=O) groups excluding carboxylic acids is 2. The van der Waals surface area contributed by atoms with Crippen molar-refractivity contribution in [1.29, 1.82) is 0 Å². The quantitative estimate of drug-likeness (QED) is 0.866. The highest BCUT2D eigenvalue weighted by atomic mass is 19.4. The summed E-state index contributed by atoms with van der Waals surface area (Å²) in [5.74, 6) is -0.748. The highest BCUT2D eigenvalue weighted by Gasteiger charge is 2.31. The maximum absolute atomic E-state index is 12.6. The van der Waals surface area contributed by atoms with Crippen molar-refractivity contribution in [2.24, 2.45) is 5.73 Å². The lowest BCUT2D eigenvalue weighted by atomic mass is 10.1. The highest BCUT2D eigenvalue weighted by molar-refractivity contribution is 6.01. The number of nitrogens with zero attached hydrogens (tertiary/aromatic N) is 1. The van der Waals surface area contributed by atoms with Crippen LogP contribution >= 0.6 is 0 Å². The minimum absolute atomic E-state index is 0.00391. The van der Waals surface area contributed by atoms with Crippen molar-refractivity contribution in [1.82, 2.24) is 5.32 Å². The average Bonchev–Trinajstić information content (AvgIpc) is 2.38. The van der Waals surface area contributed by atoms with E-state index in [1.54, 1.807) is 0 Å². The summed E-state index contributed by atoms with van der Waals surface area (Å²) in [6.07, 6.45) is -3.38. The summed E-state index contributed by atoms with van der Waals surface area (Å²) in [5.41, 5.74) is 4.30. The second kappa shape index (κ2) is 4.87. The molecule has 0 spiro atoms. The fourth-order valence-corrected chi connectivity index (χ4v) is 1.69. The van der Waals surface area contributed by atoms with Crippen LogP contribution in [-0.2, 0) is 11.0 Å². The van der Waals surface area contributed by atoms with E-state index in [-0.39, 0.29) is 17.8 Å². The Hall–Kier alpha value is -2.51. The molecule has 5 nitrogen and oxygen atoms in total. The van der Waals surface area contributed by atoms with Crippen LogP contribution in [0, 0.1) is 0 Å². The third-order valence-electron chi connectivity index (χ3n) is 2.70. The lowest BCUT2D eigenvalue weighted by Gasteiger charge is -2.25. The number of anilines is 1. The number of hydrogen-bond acceptors (Lipinski definition) is 2. The van der Waals surface area contributed by atoms with E-state index in [0.29, 0.717) is 0 Å². The van der Waals surface area contributed by atoms with Gasteiger partial charge in [-0.05, 0) is 18.2 Å². The SMILES string of the molecule is NC(=O)C1=CN(c2cccc(C(F)(F)F)c2)C(=O)NC1. The van der Waals surface area contributed by atoms with Gasteiger partial charge in [-0.1, -0.05) is 6.07 Å². The van der Waals surface area contributed by atoms with Crippen molar-refractivity contribution >= 4 is 17.6 Å². The molecule has 0 aromatic heterocycles. The van der Waals surface area contributed by atoms with Crippen molar-refractivity contribution in [3.63, 3.8) is 0 Å². The Labute approximate surface area is 111 Å². The Morgan fingerprint density at radius 2 is 2.05 bits per heavy atom. The van der Waals surface area contributed by atoms with Crippen LogP contribution in [0.4, 0.5) is 23.7 Å². The average molecular weight is 285 g/mol. The van der Waals surface area contributed by atoms with Gasteiger partial charge in [0.2, 0.25) is 5.91 Å². The highest BCUT2D eigenvalue weighted by Crippen LogP contribution is 2.32. The summed E-state index contributed by atoms with van der Waals surface area (Å²) < 4.78 is 37.9. The summed E-state index contributed by atoms with van der Waals surface area (Å²) in [6.45, 7) is -0.0520. The minimum atomic E-state index is -4.52. The molecule has 0 saturated carbocycles. The maximum Gasteiger partial charge on any atom is 0.416 e. The van der Waals surface area contributed by atoms with Crippen LogP contribution in [0.3, 0.4) is 0 Å². The molecular formula is C12H10F3N3O2. The molecule has 0 radical (unpaired) electrons. The number of nitrogens with one attached hydrogen (secondary N) is 1. The minimum Gasteiger partial charge on any atom is -0.366 e. The Bertz CT molecular complexity index is 596. The van der Waals surface area contributed by atoms with Crippen molar-refractivity contribution in [3.05, 3.63) is 41.6 Å². The second-order valence-corrected chi connectivity index (χ2v) is 4.10. The predicted octanol–water partition coefficient (Wildman–Crippen LogP) is 1.60. The molecular weight excluding hydrogens is 275 g/mol. The normalized spacial score (nSPS) is 15.7. The fraction of sp³-hybridized carbons (Fsp3) is 0.167. The van der Waals surface area contributed by atoms with Gasteiger partial charge in [0, 0.05) is 6.20 Å². The molecule has 1 heterocycles. The van der Waals surface area contributed by atoms with Crippen molar-refractivity contribution in [2.45, 2.75) is 6.18 Å². The van der Waals surface area contributed by atoms with E-state index in [0.717, 1.165) is 23.2 Å². The molecule has 0 atom stereocenters. The zero-order valence-corrected chi connectivity index (χ0v) is 10.1. The van der Waals surface area contributed by atoms with E-state index < -0.39 is 23.7 Å². The van der Waals surface area contributed by atoms with Crippen molar-refractivity contribution in [2.75, 3.05) is 11.4 Å². The van der Waals surface area contributed by atoms with Gasteiger partial charge < -0.3 is 11.1 Å². The standard InChI is InChI=1S/C12H10F3N3O2/c13-12(14,15)8-2-1-3-9(4-8)18-6-7(10(16)19)5-17-11(18)20/h1-4,6H,5H2,(H2,16,19)(H,17,20). The van der Waals surface area contributed by atoms with E-state index in [1.165, 1.54) is 12.1 Å². The fourth-order valence-electron chi connectivity index (χ4n) is 1.69. The summed E-state index contributed by atoms with van der Waals surface area (Å²) in [7, 11) is 0. The number of benzene rings is 1. The first-order chi connectivity index (χ1) is 9.29. The molecule has 1 aliphatic rings. The topological polar surface area (TPSA) is 75.4 Å². The summed E-state index contributed by atoms with van der Waals surface area (Å²) in [5, 5.41) is 2.36. The second-order valence-electron chi connectivity index (χ2n) is 4.10. The molecule has 0 fully saturated rings. The lowest BCUT2D eigenvalue weighted by Crippen LogP contribution is -2.44. The number of nitrogens with two attached hydrogens (primary N) is 1. The number of urea groups is 1. The van der Waals surface area contributed by atoms with Gasteiger partial charge >= 0.3 is 12.2 Å². The number of rotatable bonds is 2. The third-order valence-corrected chi connectivity index (χ3v) is 2.70. The first kappa shape index (κ1) is 13.9. The molecule has 8 heteroatoms. The van der Waals surface area contributed by atoms with Gasteiger partial charge in [-0.25, -0.2) is 4.79 Å². The van der Waals surface area contributed by atoms with E-state index >= 15 is 0 Å². The lowest BCUT2D eigenvalue weighted by molar-refractivity contribution is -0.137. The number of carbonyl (C=O) groups is 2. The third kappa shape index (κ3) is 2.73. The molecule has 106 valence electrons. The number of hydrogen-bond donors (Lipinski definition) is 2. The van der Waals surface area contributed by atoms with Gasteiger partial charge in [0.05, 0.1) is 23.4 Å². The van der Waals surface area contributed by atoms with Crippen molar-refractivity contribution < 1.29 is 22.8 Å². The van der Waals surface area contributed by atoms with Crippen LogP contribution < -0.4 is 16.0 Å². The largest absolute Gasteiger partial charge is 0.416 e. The summed E-state index contributed by atoms with van der Waals surface area (Å²) in [4.78, 5) is 23.6. The van der Waals surface area contributed by atoms with Gasteiger partial charge in [-0.2, -0.15) is 13.2 Å². The first-order valence-corrected chi connectivity index (χ1v) is 5.54. The van der Waals surface area contributed by atoms with E-state index in [1.807, 2.05) is 0 Å². The zero-order valence-electron chi connectivity index (χ0n) is 10.1. The maximum atomic E-state index is 12.6. The van der Waals surface area contributed by atoms with E-state index in [4.69, 9.17) is 5.73 Å². The smallest absolute Gasteiger partial charge is 0.366 e. The van der Waals surface area contributed by atoms with Gasteiger partial charge in [-0.15, -0.1) is 0 Å². The monoisotopic (exact) mass is 285 g/mol. The van der Waals surface area contributed by atoms with Crippen LogP contribution in [0.5, 0.6) is 0 Å². The summed E-state index contributed by atoms with van der Waals surface area (Å²) >= 11 is 0. The predicted molar refractivity (Wildman–Crippen MR) is 64.6 cm³/mol. The number of alkyl halides is 3. The molecule has 0 unspecified atom stereocenters. The Morgan fingerprint density at radius 1 is 1.35 bits per heavy atom. The molecule has 1 aliphatic heterocycles. The van der Waals surface area contributed by atoms with Gasteiger partial charge in [0.1, 0.15) is 0 Å². The Kier molecular flexibility index (Phi) is 3.39. The Balaban J connectivity index is 2.42. The van der Waals surface area contributed by atoms with E-state index in [9.17, 15) is 22.8 Å². The number of halogens is 3. The summed E-state index contributed by atoms with van der Waals surface area (Å²) in [6, 6.07) is 3.59. The van der Waals surface area contributed by atoms with Crippen molar-refractivity contribution in [3.8, 4) is 0 Å². The molecule has 1 aromatic rings. The molecule has 0 saturated heterocycles. The molecule has 1 aromatic carbocycles. The molecule has 20 heavy (non-hydrogen) atoms. The molecule has 0 bridgehead atoms.